The van der Waals surface area contributed by atoms with Crippen LogP contribution in [0.4, 0.5) is 16.2 Å². The number of carbonyl (C=O) groups is 2. The average Bonchev–Trinajstić information content (AvgIpc) is 2.52. The summed E-state index contributed by atoms with van der Waals surface area (Å²) in [4.78, 5) is 25.2. The van der Waals surface area contributed by atoms with Crippen LogP contribution in [0, 0.1) is 0 Å². The van der Waals surface area contributed by atoms with Gasteiger partial charge >= 0.3 is 6.03 Å². The number of hydrogen-bond acceptors (Lipinski definition) is 3. The van der Waals surface area contributed by atoms with Crippen molar-refractivity contribution in [3.63, 3.8) is 0 Å². The van der Waals surface area contributed by atoms with E-state index in [0.717, 1.165) is 31.5 Å². The molecular weight excluding hydrogens is 316 g/mol. The molecule has 1 fully saturated rings. The molecule has 6 nitrogen and oxygen atoms in total. The summed E-state index contributed by atoms with van der Waals surface area (Å²) < 4.78 is 0. The van der Waals surface area contributed by atoms with E-state index in [-0.39, 0.29) is 11.9 Å². The first-order valence-electron chi connectivity index (χ1n) is 7.96. The lowest BCUT2D eigenvalue weighted by molar-refractivity contribution is -0.120. The molecule has 1 saturated heterocycles. The molecule has 7 heteroatoms. The average molecular weight is 339 g/mol. The van der Waals surface area contributed by atoms with E-state index in [2.05, 4.69) is 22.9 Å². The Morgan fingerprint density at radius 1 is 1.39 bits per heavy atom. The monoisotopic (exact) mass is 338 g/mol. The van der Waals surface area contributed by atoms with Crippen LogP contribution in [-0.2, 0) is 4.79 Å². The van der Waals surface area contributed by atoms with Crippen molar-refractivity contribution in [1.82, 2.24) is 10.6 Å². The first-order chi connectivity index (χ1) is 11.1. The van der Waals surface area contributed by atoms with Crippen LogP contribution in [-0.4, -0.2) is 38.1 Å². The molecule has 3 N–H and O–H groups in total. The zero-order chi connectivity index (χ0) is 16.7. The molecule has 0 radical (unpaired) electrons. The second-order valence-corrected chi connectivity index (χ2v) is 5.93. The molecule has 2 rings (SSSR count). The molecule has 1 aromatic rings. The fraction of sp³-hybridized carbons (Fsp3) is 0.500. The SMILES string of the molecule is CCCCCNC(=O)Nc1ccc(N2CCNC(=O)C2)c(Cl)c1. The van der Waals surface area contributed by atoms with Crippen LogP contribution in [0.2, 0.25) is 5.02 Å². The second-order valence-electron chi connectivity index (χ2n) is 5.53. The van der Waals surface area contributed by atoms with Gasteiger partial charge in [0.1, 0.15) is 0 Å². The van der Waals surface area contributed by atoms with Crippen molar-refractivity contribution >= 4 is 34.9 Å². The predicted octanol–water partition coefficient (Wildman–Crippen LogP) is 2.59. The lowest BCUT2D eigenvalue weighted by Crippen LogP contribution is -2.47. The number of nitrogens with zero attached hydrogens (tertiary/aromatic N) is 1. The maximum atomic E-state index is 11.8. The Balaban J connectivity index is 1.91. The standard InChI is InChI=1S/C16H23ClN4O2/c1-2-3-4-7-19-16(23)20-12-5-6-14(13(17)10-12)21-9-8-18-15(22)11-21/h5-6,10H,2-4,7-9,11H2,1H3,(H,18,22)(H2,19,20,23). The molecule has 0 unspecified atom stereocenters. The molecule has 0 aliphatic carbocycles. The van der Waals surface area contributed by atoms with Gasteiger partial charge in [-0.05, 0) is 24.6 Å². The summed E-state index contributed by atoms with van der Waals surface area (Å²) >= 11 is 6.29. The number of benzene rings is 1. The zero-order valence-corrected chi connectivity index (χ0v) is 14.1. The van der Waals surface area contributed by atoms with E-state index < -0.39 is 0 Å². The van der Waals surface area contributed by atoms with Gasteiger partial charge in [-0.15, -0.1) is 0 Å². The van der Waals surface area contributed by atoms with Gasteiger partial charge < -0.3 is 20.9 Å². The first kappa shape index (κ1) is 17.4. The van der Waals surface area contributed by atoms with Crippen LogP contribution in [0.15, 0.2) is 18.2 Å². The van der Waals surface area contributed by atoms with Crippen LogP contribution >= 0.6 is 11.6 Å². The molecule has 23 heavy (non-hydrogen) atoms. The number of anilines is 2. The molecule has 0 saturated carbocycles. The Morgan fingerprint density at radius 3 is 2.91 bits per heavy atom. The number of nitrogens with one attached hydrogen (secondary N) is 3. The van der Waals surface area contributed by atoms with Gasteiger partial charge in [-0.1, -0.05) is 31.4 Å². The number of amides is 3. The highest BCUT2D eigenvalue weighted by atomic mass is 35.5. The number of piperazine rings is 1. The van der Waals surface area contributed by atoms with E-state index >= 15 is 0 Å². The largest absolute Gasteiger partial charge is 0.359 e. The number of rotatable bonds is 6. The lowest BCUT2D eigenvalue weighted by Gasteiger charge is -2.29. The fourth-order valence-corrected chi connectivity index (χ4v) is 2.74. The number of urea groups is 1. The Morgan fingerprint density at radius 2 is 2.22 bits per heavy atom. The molecule has 0 bridgehead atoms. The molecule has 1 aliphatic heterocycles. The van der Waals surface area contributed by atoms with Gasteiger partial charge in [0.25, 0.3) is 0 Å². The maximum Gasteiger partial charge on any atom is 0.319 e. The summed E-state index contributed by atoms with van der Waals surface area (Å²) in [5.41, 5.74) is 1.43. The summed E-state index contributed by atoms with van der Waals surface area (Å²) in [5, 5.41) is 8.87. The highest BCUT2D eigenvalue weighted by molar-refractivity contribution is 6.33. The molecule has 1 aromatic carbocycles. The van der Waals surface area contributed by atoms with E-state index in [1.54, 1.807) is 12.1 Å². The smallest absolute Gasteiger partial charge is 0.319 e. The molecular formula is C16H23ClN4O2. The molecule has 1 aliphatic rings. The zero-order valence-electron chi connectivity index (χ0n) is 13.3. The topological polar surface area (TPSA) is 73.5 Å². The van der Waals surface area contributed by atoms with Crippen molar-refractivity contribution in [3.8, 4) is 0 Å². The van der Waals surface area contributed by atoms with Crippen molar-refractivity contribution in [2.24, 2.45) is 0 Å². The van der Waals surface area contributed by atoms with Crippen LogP contribution in [0.3, 0.4) is 0 Å². The van der Waals surface area contributed by atoms with Crippen molar-refractivity contribution in [3.05, 3.63) is 23.2 Å². The third-order valence-corrected chi connectivity index (χ3v) is 3.95. The van der Waals surface area contributed by atoms with Crippen LogP contribution in [0.1, 0.15) is 26.2 Å². The van der Waals surface area contributed by atoms with E-state index in [9.17, 15) is 9.59 Å². The van der Waals surface area contributed by atoms with Crippen LogP contribution < -0.4 is 20.9 Å². The summed E-state index contributed by atoms with van der Waals surface area (Å²) in [7, 11) is 0. The highest BCUT2D eigenvalue weighted by Crippen LogP contribution is 2.29. The van der Waals surface area contributed by atoms with E-state index in [4.69, 9.17) is 11.6 Å². The van der Waals surface area contributed by atoms with Gasteiger partial charge in [-0.25, -0.2) is 4.79 Å². The van der Waals surface area contributed by atoms with Gasteiger partial charge in [-0.3, -0.25) is 4.79 Å². The van der Waals surface area contributed by atoms with Crippen LogP contribution in [0.25, 0.3) is 0 Å². The van der Waals surface area contributed by atoms with Gasteiger partial charge in [0, 0.05) is 25.3 Å². The Hall–Kier alpha value is -1.95. The number of carbonyl (C=O) groups excluding carboxylic acids is 2. The third-order valence-electron chi connectivity index (χ3n) is 3.65. The Kier molecular flexibility index (Phi) is 6.52. The molecule has 3 amide bonds. The number of halogens is 1. The first-order valence-corrected chi connectivity index (χ1v) is 8.34. The minimum absolute atomic E-state index is 0.0130. The number of hydrogen-bond donors (Lipinski definition) is 3. The van der Waals surface area contributed by atoms with Gasteiger partial charge in [-0.2, -0.15) is 0 Å². The summed E-state index contributed by atoms with van der Waals surface area (Å²) in [6.07, 6.45) is 3.19. The van der Waals surface area contributed by atoms with Gasteiger partial charge in [0.05, 0.1) is 17.3 Å². The van der Waals surface area contributed by atoms with Gasteiger partial charge in [0.2, 0.25) is 5.91 Å². The van der Waals surface area contributed by atoms with E-state index in [0.29, 0.717) is 30.3 Å². The van der Waals surface area contributed by atoms with Crippen molar-refractivity contribution in [2.45, 2.75) is 26.2 Å². The van der Waals surface area contributed by atoms with Gasteiger partial charge in [0.15, 0.2) is 0 Å². The second kappa shape index (κ2) is 8.62. The summed E-state index contributed by atoms with van der Waals surface area (Å²) in [6, 6.07) is 5.09. The molecule has 0 aromatic heterocycles. The predicted molar refractivity (Wildman–Crippen MR) is 93.2 cm³/mol. The van der Waals surface area contributed by atoms with E-state index in [1.807, 2.05) is 11.0 Å². The summed E-state index contributed by atoms with van der Waals surface area (Å²) in [6.45, 7) is 4.40. The normalized spacial score (nSPS) is 14.3. The highest BCUT2D eigenvalue weighted by Gasteiger charge is 2.18. The fourth-order valence-electron chi connectivity index (χ4n) is 2.44. The van der Waals surface area contributed by atoms with Crippen molar-refractivity contribution in [1.29, 1.82) is 0 Å². The van der Waals surface area contributed by atoms with Crippen LogP contribution in [0.5, 0.6) is 0 Å². The Bertz CT molecular complexity index is 565. The minimum Gasteiger partial charge on any atom is -0.359 e. The number of unbranched alkanes of at least 4 members (excludes halogenated alkanes) is 2. The van der Waals surface area contributed by atoms with Crippen molar-refractivity contribution < 1.29 is 9.59 Å². The Labute approximate surface area is 141 Å². The molecule has 1 heterocycles. The molecule has 126 valence electrons. The maximum absolute atomic E-state index is 11.8. The minimum atomic E-state index is -0.234. The molecule has 0 atom stereocenters. The molecule has 0 spiro atoms. The lowest BCUT2D eigenvalue weighted by atomic mass is 10.2. The quantitative estimate of drug-likeness (QED) is 0.698. The van der Waals surface area contributed by atoms with Crippen molar-refractivity contribution in [2.75, 3.05) is 36.4 Å². The summed E-state index contributed by atoms with van der Waals surface area (Å²) in [5.74, 6) is -0.0130. The third kappa shape index (κ3) is 5.32. The van der Waals surface area contributed by atoms with E-state index in [1.165, 1.54) is 0 Å².